The van der Waals surface area contributed by atoms with Crippen molar-refractivity contribution < 1.29 is 22.6 Å². The zero-order valence-corrected chi connectivity index (χ0v) is 26.2. The molecule has 1 spiro atoms. The van der Waals surface area contributed by atoms with E-state index in [4.69, 9.17) is 9.47 Å². The van der Waals surface area contributed by atoms with Crippen LogP contribution in [0.1, 0.15) is 53.8 Å². The lowest BCUT2D eigenvalue weighted by Crippen LogP contribution is -2.60. The van der Waals surface area contributed by atoms with Crippen LogP contribution in [0.15, 0.2) is 30.6 Å². The Kier molecular flexibility index (Phi) is 8.23. The molecular weight excluding hydrogens is 601 g/mol. The molecule has 4 aromatic rings. The highest BCUT2D eigenvalue weighted by Crippen LogP contribution is 2.45. The summed E-state index contributed by atoms with van der Waals surface area (Å²) >= 11 is 1.10. The molecule has 3 fully saturated rings. The molecule has 0 N–H and O–H groups in total. The Balaban J connectivity index is 0.967. The fourth-order valence-electron chi connectivity index (χ4n) is 7.23. The number of anilines is 1. The number of aryl methyl sites for hydroxylation is 1. The third kappa shape index (κ3) is 6.28. The van der Waals surface area contributed by atoms with Crippen molar-refractivity contribution in [3.63, 3.8) is 0 Å². The van der Waals surface area contributed by atoms with Gasteiger partial charge in [0.25, 0.3) is 0 Å². The molecule has 238 valence electrons. The highest BCUT2D eigenvalue weighted by atomic mass is 32.1. The predicted molar refractivity (Wildman–Crippen MR) is 167 cm³/mol. The first kappa shape index (κ1) is 30.4. The predicted octanol–water partition coefficient (Wildman–Crippen LogP) is 6.58. The minimum atomic E-state index is -4.24. The van der Waals surface area contributed by atoms with Crippen molar-refractivity contribution >= 4 is 38.3 Å². The van der Waals surface area contributed by atoms with Crippen molar-refractivity contribution in [3.05, 3.63) is 52.3 Å². The summed E-state index contributed by atoms with van der Waals surface area (Å²) in [5, 5.41) is 11.7. The van der Waals surface area contributed by atoms with Crippen LogP contribution < -0.4 is 4.90 Å². The number of aromatic nitrogens is 3. The van der Waals surface area contributed by atoms with E-state index in [1.54, 1.807) is 6.07 Å². The van der Waals surface area contributed by atoms with E-state index in [1.165, 1.54) is 17.5 Å². The van der Waals surface area contributed by atoms with E-state index in [0.717, 1.165) is 105 Å². The maximum absolute atomic E-state index is 13.0. The number of hydrogen-bond donors (Lipinski definition) is 0. The van der Waals surface area contributed by atoms with Crippen molar-refractivity contribution in [2.24, 2.45) is 5.41 Å². The van der Waals surface area contributed by atoms with Crippen molar-refractivity contribution in [2.45, 2.75) is 71.0 Å². The average molecular weight is 639 g/mol. The molecule has 0 saturated carbocycles. The van der Waals surface area contributed by atoms with Crippen LogP contribution in [0.5, 0.6) is 0 Å². The molecule has 0 amide bonds. The van der Waals surface area contributed by atoms with E-state index in [0.29, 0.717) is 23.7 Å². The van der Waals surface area contributed by atoms with Crippen LogP contribution in [0.25, 0.3) is 21.1 Å². The van der Waals surface area contributed by atoms with Gasteiger partial charge >= 0.3 is 6.18 Å². The number of nitrogens with zero attached hydrogens (tertiary/aromatic N) is 6. The van der Waals surface area contributed by atoms with Gasteiger partial charge in [-0.25, -0.2) is 9.97 Å². The monoisotopic (exact) mass is 638 g/mol. The molecule has 6 heterocycles. The van der Waals surface area contributed by atoms with Crippen molar-refractivity contribution in [2.75, 3.05) is 44.3 Å². The molecule has 7 rings (SSSR count). The molecule has 3 saturated heterocycles. The average Bonchev–Trinajstić information content (AvgIpc) is 3.58. The summed E-state index contributed by atoms with van der Waals surface area (Å²) < 4.78 is 52.6. The number of ether oxygens (including phenoxy) is 2. The largest absolute Gasteiger partial charge is 0.393 e. The number of hydrogen-bond acceptors (Lipinski definition) is 8. The van der Waals surface area contributed by atoms with Gasteiger partial charge in [-0.05, 0) is 81.4 Å². The molecule has 1 aromatic carbocycles. The summed E-state index contributed by atoms with van der Waals surface area (Å²) in [6.07, 6.45) is 1.42. The van der Waals surface area contributed by atoms with E-state index in [9.17, 15) is 18.4 Å². The molecule has 1 unspecified atom stereocenters. The zero-order valence-electron chi connectivity index (χ0n) is 25.4. The Morgan fingerprint density at radius 2 is 1.96 bits per heavy atom. The molecule has 1 atom stereocenters. The van der Waals surface area contributed by atoms with Gasteiger partial charge in [0.05, 0.1) is 18.4 Å². The van der Waals surface area contributed by atoms with Crippen LogP contribution >= 0.6 is 11.3 Å². The number of fused-ring (bicyclic) bond motifs is 2. The third-order valence-electron chi connectivity index (χ3n) is 9.73. The second-order valence-electron chi connectivity index (χ2n) is 12.8. The van der Waals surface area contributed by atoms with E-state index < -0.39 is 12.6 Å². The Hall–Kier alpha value is -3.24. The summed E-state index contributed by atoms with van der Waals surface area (Å²) in [6.45, 7) is 8.58. The van der Waals surface area contributed by atoms with Crippen LogP contribution in [0.4, 0.5) is 19.0 Å². The fourth-order valence-corrected chi connectivity index (χ4v) is 8.25. The second kappa shape index (κ2) is 12.2. The SMILES string of the molecule is Cc1c(CN2CCC3(CC2)CN(c2ncnc4sc(CC(F)(F)F)cc24)C3)ccc2c1cc(C#N)n2CCOC1CCCCO1. The summed E-state index contributed by atoms with van der Waals surface area (Å²) in [4.78, 5) is 14.3. The number of alkyl halides is 3. The Morgan fingerprint density at radius 3 is 2.69 bits per heavy atom. The smallest absolute Gasteiger partial charge is 0.355 e. The lowest BCUT2D eigenvalue weighted by Gasteiger charge is -2.54. The van der Waals surface area contributed by atoms with Crippen LogP contribution in [0.3, 0.4) is 0 Å². The van der Waals surface area contributed by atoms with Gasteiger partial charge in [-0.2, -0.15) is 18.4 Å². The lowest BCUT2D eigenvalue weighted by molar-refractivity contribution is -0.163. The fraction of sp³-hybridized carbons (Fsp3) is 0.545. The summed E-state index contributed by atoms with van der Waals surface area (Å²) in [7, 11) is 0. The molecule has 8 nitrogen and oxygen atoms in total. The van der Waals surface area contributed by atoms with Crippen LogP contribution in [-0.4, -0.2) is 71.3 Å². The van der Waals surface area contributed by atoms with Crippen molar-refractivity contribution in [1.29, 1.82) is 5.26 Å². The number of rotatable bonds is 8. The summed E-state index contributed by atoms with van der Waals surface area (Å²) in [6, 6.07) is 10.3. The van der Waals surface area contributed by atoms with Crippen LogP contribution in [-0.2, 0) is 29.0 Å². The summed E-state index contributed by atoms with van der Waals surface area (Å²) in [5.74, 6) is 0.749. The molecule has 0 radical (unpaired) electrons. The quantitative estimate of drug-likeness (QED) is 0.216. The number of benzene rings is 1. The standard InChI is InChI=1S/C33H37F3N6O2S/c1-22-23(5-6-28-26(22)14-24(17-37)42(28)11-13-44-29-4-2-3-12-43-29)18-40-9-7-32(8-10-40)19-41(20-32)30-27-15-25(16-33(34,35)36)45-31(27)39-21-38-30/h5-6,14-15,21,29H,2-4,7-13,16,18-20H2,1H3. The molecule has 12 heteroatoms. The van der Waals surface area contributed by atoms with Crippen molar-refractivity contribution in [1.82, 2.24) is 19.4 Å². The molecular formula is C33H37F3N6O2S. The number of thiophene rings is 1. The van der Waals surface area contributed by atoms with E-state index in [2.05, 4.69) is 49.5 Å². The lowest BCUT2D eigenvalue weighted by atomic mass is 9.72. The maximum atomic E-state index is 13.0. The van der Waals surface area contributed by atoms with Gasteiger partial charge in [-0.1, -0.05) is 6.07 Å². The van der Waals surface area contributed by atoms with Gasteiger partial charge in [-0.3, -0.25) is 4.90 Å². The molecule has 3 aliphatic rings. The van der Waals surface area contributed by atoms with Gasteiger partial charge < -0.3 is 18.9 Å². The summed E-state index contributed by atoms with van der Waals surface area (Å²) in [5.41, 5.74) is 4.40. The number of piperidine rings is 1. The van der Waals surface area contributed by atoms with Gasteiger partial charge in [0.15, 0.2) is 6.29 Å². The minimum Gasteiger partial charge on any atom is -0.355 e. The van der Waals surface area contributed by atoms with Gasteiger partial charge in [0.1, 0.15) is 28.7 Å². The van der Waals surface area contributed by atoms with Crippen molar-refractivity contribution in [3.8, 4) is 6.07 Å². The first-order valence-corrected chi connectivity index (χ1v) is 16.5. The molecule has 0 bridgehead atoms. The number of nitriles is 1. The third-order valence-corrected chi connectivity index (χ3v) is 10.8. The maximum Gasteiger partial charge on any atom is 0.393 e. The van der Waals surface area contributed by atoms with Crippen LogP contribution in [0, 0.1) is 23.7 Å². The second-order valence-corrected chi connectivity index (χ2v) is 13.9. The van der Waals surface area contributed by atoms with E-state index in [1.807, 2.05) is 6.07 Å². The Labute approximate surface area is 264 Å². The van der Waals surface area contributed by atoms with Gasteiger partial charge in [-0.15, -0.1) is 11.3 Å². The van der Waals surface area contributed by atoms with Gasteiger partial charge in [0, 0.05) is 54.0 Å². The first-order valence-electron chi connectivity index (χ1n) is 15.7. The molecule has 45 heavy (non-hydrogen) atoms. The van der Waals surface area contributed by atoms with Gasteiger partial charge in [0.2, 0.25) is 0 Å². The van der Waals surface area contributed by atoms with E-state index in [-0.39, 0.29) is 16.6 Å². The molecule has 3 aromatic heterocycles. The Morgan fingerprint density at radius 1 is 1.13 bits per heavy atom. The topological polar surface area (TPSA) is 79.4 Å². The highest BCUT2D eigenvalue weighted by Gasteiger charge is 2.46. The Bertz CT molecular complexity index is 1720. The highest BCUT2D eigenvalue weighted by molar-refractivity contribution is 7.18. The number of halogens is 3. The first-order chi connectivity index (χ1) is 21.7. The molecule has 0 aliphatic carbocycles. The van der Waals surface area contributed by atoms with Crippen LogP contribution in [0.2, 0.25) is 0 Å². The normalized spacial score (nSPS) is 20.6. The number of likely N-dealkylation sites (tertiary alicyclic amines) is 1. The zero-order chi connectivity index (χ0) is 31.2. The minimum absolute atomic E-state index is 0.143. The molecule has 3 aliphatic heterocycles. The van der Waals surface area contributed by atoms with E-state index >= 15 is 0 Å².